The van der Waals surface area contributed by atoms with Gasteiger partial charge in [-0.2, -0.15) is 0 Å². The number of hydrogen-bond acceptors (Lipinski definition) is 4. The lowest BCUT2D eigenvalue weighted by Crippen LogP contribution is -2.34. The van der Waals surface area contributed by atoms with E-state index in [0.29, 0.717) is 5.13 Å². The Hall–Kier alpha value is -1.88. The average Bonchev–Trinajstić information content (AvgIpc) is 2.80. The second-order valence-electron chi connectivity index (χ2n) is 4.42. The Morgan fingerprint density at radius 3 is 3.00 bits per heavy atom. The molecule has 1 aromatic heterocycles. The van der Waals surface area contributed by atoms with Crippen LogP contribution < -0.4 is 5.73 Å². The summed E-state index contributed by atoms with van der Waals surface area (Å²) in [6.45, 7) is 0.787. The van der Waals surface area contributed by atoms with Crippen molar-refractivity contribution in [2.24, 2.45) is 0 Å². The minimum atomic E-state index is 0.0845. The van der Waals surface area contributed by atoms with Crippen LogP contribution in [-0.4, -0.2) is 29.4 Å². The predicted molar refractivity (Wildman–Crippen MR) is 72.6 cm³/mol. The molecule has 0 saturated heterocycles. The molecular formula is C13H13N3OS. The molecule has 2 heterocycles. The number of aromatic nitrogens is 1. The van der Waals surface area contributed by atoms with E-state index < -0.39 is 0 Å². The number of anilines is 1. The summed E-state index contributed by atoms with van der Waals surface area (Å²) in [7, 11) is 1.83. The van der Waals surface area contributed by atoms with Crippen LogP contribution in [0.3, 0.4) is 0 Å². The summed E-state index contributed by atoms with van der Waals surface area (Å²) >= 11 is 1.41. The molecule has 2 N–H and O–H groups in total. The van der Waals surface area contributed by atoms with Crippen LogP contribution in [0.4, 0.5) is 5.13 Å². The minimum Gasteiger partial charge on any atom is -0.375 e. The molecule has 0 atom stereocenters. The van der Waals surface area contributed by atoms with Gasteiger partial charge in [0, 0.05) is 30.1 Å². The van der Waals surface area contributed by atoms with Crippen molar-refractivity contribution in [1.82, 2.24) is 9.88 Å². The zero-order valence-corrected chi connectivity index (χ0v) is 10.8. The molecule has 0 bridgehead atoms. The lowest BCUT2D eigenvalue weighted by Gasteiger charge is -2.25. The summed E-state index contributed by atoms with van der Waals surface area (Å²) in [6.07, 6.45) is 0.914. The molecule has 0 aliphatic carbocycles. The third-order valence-electron chi connectivity index (χ3n) is 3.22. The summed E-state index contributed by atoms with van der Waals surface area (Å²) in [5.41, 5.74) is 9.32. The molecule has 1 aliphatic heterocycles. The number of amides is 1. The highest BCUT2D eigenvalue weighted by atomic mass is 32.1. The van der Waals surface area contributed by atoms with Crippen LogP contribution in [-0.2, 0) is 6.42 Å². The normalized spacial score (nSPS) is 14.7. The Morgan fingerprint density at radius 2 is 2.28 bits per heavy atom. The molecule has 5 heteroatoms. The Bertz CT molecular complexity index is 620. The molecule has 0 fully saturated rings. The SMILES string of the molecule is CN1CCc2ccc(-c3csc(N)n3)cc2C1=O. The lowest BCUT2D eigenvalue weighted by molar-refractivity contribution is 0.0781. The highest BCUT2D eigenvalue weighted by molar-refractivity contribution is 7.13. The van der Waals surface area contributed by atoms with E-state index in [2.05, 4.69) is 4.98 Å². The minimum absolute atomic E-state index is 0.0845. The maximum atomic E-state index is 12.1. The number of hydrogen-bond donors (Lipinski definition) is 1. The first-order valence-electron chi connectivity index (χ1n) is 5.75. The first kappa shape index (κ1) is 11.2. The molecule has 3 rings (SSSR count). The van der Waals surface area contributed by atoms with Crippen molar-refractivity contribution in [2.75, 3.05) is 19.3 Å². The number of carbonyl (C=O) groups excluding carboxylic acids is 1. The van der Waals surface area contributed by atoms with Gasteiger partial charge in [-0.05, 0) is 18.1 Å². The van der Waals surface area contributed by atoms with Crippen LogP contribution in [0.15, 0.2) is 23.6 Å². The predicted octanol–water partition coefficient (Wildman–Crippen LogP) is 2.02. The average molecular weight is 259 g/mol. The van der Waals surface area contributed by atoms with E-state index in [0.717, 1.165) is 35.3 Å². The first-order chi connectivity index (χ1) is 8.65. The summed E-state index contributed by atoms with van der Waals surface area (Å²) in [5.74, 6) is 0.0845. The van der Waals surface area contributed by atoms with E-state index in [-0.39, 0.29) is 5.91 Å². The second-order valence-corrected chi connectivity index (χ2v) is 5.31. The van der Waals surface area contributed by atoms with Crippen LogP contribution in [0.25, 0.3) is 11.3 Å². The maximum absolute atomic E-state index is 12.1. The van der Waals surface area contributed by atoms with Gasteiger partial charge in [-0.15, -0.1) is 11.3 Å². The number of nitrogens with zero attached hydrogens (tertiary/aromatic N) is 2. The summed E-state index contributed by atoms with van der Waals surface area (Å²) in [6, 6.07) is 5.94. The summed E-state index contributed by atoms with van der Waals surface area (Å²) < 4.78 is 0. The number of likely N-dealkylation sites (N-methyl/N-ethyl adjacent to an activating group) is 1. The van der Waals surface area contributed by atoms with Crippen LogP contribution in [0.1, 0.15) is 15.9 Å². The van der Waals surface area contributed by atoms with Crippen molar-refractivity contribution in [3.05, 3.63) is 34.7 Å². The number of nitrogen functional groups attached to an aromatic ring is 1. The summed E-state index contributed by atoms with van der Waals surface area (Å²) in [5, 5.41) is 2.46. The third kappa shape index (κ3) is 1.76. The van der Waals surface area contributed by atoms with E-state index in [4.69, 9.17) is 5.73 Å². The maximum Gasteiger partial charge on any atom is 0.253 e. The second kappa shape index (κ2) is 4.10. The smallest absolute Gasteiger partial charge is 0.253 e. The number of rotatable bonds is 1. The van der Waals surface area contributed by atoms with E-state index >= 15 is 0 Å². The Kier molecular flexibility index (Phi) is 2.56. The fourth-order valence-electron chi connectivity index (χ4n) is 2.17. The van der Waals surface area contributed by atoms with E-state index in [1.807, 2.05) is 30.6 Å². The molecule has 18 heavy (non-hydrogen) atoms. The van der Waals surface area contributed by atoms with Crippen molar-refractivity contribution < 1.29 is 4.79 Å². The molecule has 2 aromatic rings. The van der Waals surface area contributed by atoms with Crippen LogP contribution in [0, 0.1) is 0 Å². The van der Waals surface area contributed by atoms with Gasteiger partial charge in [0.15, 0.2) is 5.13 Å². The highest BCUT2D eigenvalue weighted by Crippen LogP contribution is 2.27. The zero-order valence-electron chi connectivity index (χ0n) is 10.0. The number of carbonyl (C=O) groups is 1. The van der Waals surface area contributed by atoms with Crippen molar-refractivity contribution in [1.29, 1.82) is 0 Å². The van der Waals surface area contributed by atoms with Crippen molar-refractivity contribution in [3.8, 4) is 11.3 Å². The number of fused-ring (bicyclic) bond motifs is 1. The fraction of sp³-hybridized carbons (Fsp3) is 0.231. The van der Waals surface area contributed by atoms with Gasteiger partial charge in [0.1, 0.15) is 0 Å². The molecule has 4 nitrogen and oxygen atoms in total. The van der Waals surface area contributed by atoms with Gasteiger partial charge in [0.2, 0.25) is 0 Å². The molecule has 1 aliphatic rings. The van der Waals surface area contributed by atoms with Crippen molar-refractivity contribution in [3.63, 3.8) is 0 Å². The quantitative estimate of drug-likeness (QED) is 0.852. The van der Waals surface area contributed by atoms with Gasteiger partial charge >= 0.3 is 0 Å². The van der Waals surface area contributed by atoms with Crippen molar-refractivity contribution >= 4 is 22.4 Å². The topological polar surface area (TPSA) is 59.2 Å². The van der Waals surface area contributed by atoms with Gasteiger partial charge in [-0.3, -0.25) is 4.79 Å². The molecule has 0 radical (unpaired) electrons. The molecule has 0 saturated carbocycles. The lowest BCUT2D eigenvalue weighted by atomic mass is 9.96. The fourth-order valence-corrected chi connectivity index (χ4v) is 2.74. The number of nitrogens with two attached hydrogens (primary N) is 1. The molecule has 1 aromatic carbocycles. The van der Waals surface area contributed by atoms with Crippen molar-refractivity contribution in [2.45, 2.75) is 6.42 Å². The Balaban J connectivity index is 2.07. The van der Waals surface area contributed by atoms with Gasteiger partial charge in [0.25, 0.3) is 5.91 Å². The standard InChI is InChI=1S/C13H13N3OS/c1-16-5-4-8-2-3-9(6-10(8)12(16)17)11-7-18-13(14)15-11/h2-3,6-7H,4-5H2,1H3,(H2,14,15). The van der Waals surface area contributed by atoms with Crippen LogP contribution in [0.5, 0.6) is 0 Å². The van der Waals surface area contributed by atoms with Gasteiger partial charge < -0.3 is 10.6 Å². The zero-order chi connectivity index (χ0) is 12.7. The molecule has 0 spiro atoms. The molecule has 0 unspecified atom stereocenters. The highest BCUT2D eigenvalue weighted by Gasteiger charge is 2.21. The van der Waals surface area contributed by atoms with Crippen LogP contribution >= 0.6 is 11.3 Å². The largest absolute Gasteiger partial charge is 0.375 e. The monoisotopic (exact) mass is 259 g/mol. The van der Waals surface area contributed by atoms with E-state index in [1.54, 1.807) is 4.90 Å². The molecule has 1 amide bonds. The number of thiazole rings is 1. The van der Waals surface area contributed by atoms with E-state index in [9.17, 15) is 4.79 Å². The molecular weight excluding hydrogens is 246 g/mol. The number of benzene rings is 1. The summed E-state index contributed by atoms with van der Waals surface area (Å²) in [4.78, 5) is 18.1. The Morgan fingerprint density at radius 1 is 1.44 bits per heavy atom. The molecule has 92 valence electrons. The van der Waals surface area contributed by atoms with Gasteiger partial charge in [0.05, 0.1) is 5.69 Å². The van der Waals surface area contributed by atoms with Gasteiger partial charge in [-0.25, -0.2) is 4.98 Å². The first-order valence-corrected chi connectivity index (χ1v) is 6.63. The third-order valence-corrected chi connectivity index (χ3v) is 3.90. The Labute approximate surface area is 109 Å². The van der Waals surface area contributed by atoms with E-state index in [1.165, 1.54) is 11.3 Å². The van der Waals surface area contributed by atoms with Crippen LogP contribution in [0.2, 0.25) is 0 Å². The van der Waals surface area contributed by atoms with Gasteiger partial charge in [-0.1, -0.05) is 12.1 Å².